The Hall–Kier alpha value is -2.41. The second kappa shape index (κ2) is 8.76. The number of piperazine rings is 1. The van der Waals surface area contributed by atoms with Crippen molar-refractivity contribution in [1.29, 1.82) is 0 Å². The van der Waals surface area contributed by atoms with Crippen LogP contribution < -0.4 is 10.2 Å². The zero-order valence-electron chi connectivity index (χ0n) is 18.0. The zero-order valence-corrected chi connectivity index (χ0v) is 18.8. The van der Waals surface area contributed by atoms with Gasteiger partial charge < -0.3 is 15.1 Å². The van der Waals surface area contributed by atoms with Crippen LogP contribution in [0.5, 0.6) is 0 Å². The van der Waals surface area contributed by atoms with E-state index in [0.29, 0.717) is 6.54 Å². The number of thiazole rings is 1. The summed E-state index contributed by atoms with van der Waals surface area (Å²) < 4.78 is 0. The molecule has 7 heteroatoms. The van der Waals surface area contributed by atoms with Gasteiger partial charge in [-0.05, 0) is 44.2 Å². The van der Waals surface area contributed by atoms with Crippen LogP contribution >= 0.6 is 11.3 Å². The van der Waals surface area contributed by atoms with E-state index in [2.05, 4.69) is 42.3 Å². The van der Waals surface area contributed by atoms with Gasteiger partial charge in [-0.3, -0.25) is 9.59 Å². The van der Waals surface area contributed by atoms with E-state index in [9.17, 15) is 9.59 Å². The van der Waals surface area contributed by atoms with Gasteiger partial charge in [0.1, 0.15) is 0 Å². The lowest BCUT2D eigenvalue weighted by molar-refractivity contribution is -0.129. The van der Waals surface area contributed by atoms with Gasteiger partial charge in [0.25, 0.3) is 0 Å². The quantitative estimate of drug-likeness (QED) is 0.817. The predicted molar refractivity (Wildman–Crippen MR) is 120 cm³/mol. The Morgan fingerprint density at radius 2 is 1.97 bits per heavy atom. The molecular formula is C23H30N4O2S. The number of hydrogen-bond donors (Lipinski definition) is 1. The standard InChI is InChI=1S/C23H30N4O2S/c1-15-4-5-16(2)19(12-15)14-24-22(29)18-6-7-20-21(13-18)30-23(25-20)27-10-8-26(9-11-27)17(3)28/h4-5,12,18H,6-11,13-14H2,1-3H3,(H,24,29). The van der Waals surface area contributed by atoms with Gasteiger partial charge >= 0.3 is 0 Å². The maximum absolute atomic E-state index is 12.8. The molecular weight excluding hydrogens is 396 g/mol. The molecule has 1 aliphatic heterocycles. The molecule has 2 heterocycles. The lowest BCUT2D eigenvalue weighted by Gasteiger charge is -2.33. The summed E-state index contributed by atoms with van der Waals surface area (Å²) in [6.45, 7) is 9.54. The van der Waals surface area contributed by atoms with Crippen LogP contribution in [-0.2, 0) is 29.0 Å². The Balaban J connectivity index is 1.35. The summed E-state index contributed by atoms with van der Waals surface area (Å²) in [7, 11) is 0. The largest absolute Gasteiger partial charge is 0.352 e. The molecule has 160 valence electrons. The van der Waals surface area contributed by atoms with Crippen molar-refractivity contribution in [2.24, 2.45) is 5.92 Å². The summed E-state index contributed by atoms with van der Waals surface area (Å²) in [4.78, 5) is 34.6. The fourth-order valence-corrected chi connectivity index (χ4v) is 5.49. The number of benzene rings is 1. The van der Waals surface area contributed by atoms with Crippen molar-refractivity contribution in [3.8, 4) is 0 Å². The van der Waals surface area contributed by atoms with Crippen molar-refractivity contribution >= 4 is 28.3 Å². The van der Waals surface area contributed by atoms with Crippen LogP contribution in [-0.4, -0.2) is 47.9 Å². The molecule has 4 rings (SSSR count). The normalized spacial score (nSPS) is 18.8. The summed E-state index contributed by atoms with van der Waals surface area (Å²) in [6, 6.07) is 6.36. The number of hydrogen-bond acceptors (Lipinski definition) is 5. The van der Waals surface area contributed by atoms with Crippen molar-refractivity contribution in [2.45, 2.75) is 46.6 Å². The molecule has 0 radical (unpaired) electrons. The topological polar surface area (TPSA) is 65.5 Å². The minimum Gasteiger partial charge on any atom is -0.352 e. The van der Waals surface area contributed by atoms with Gasteiger partial charge in [0.15, 0.2) is 5.13 Å². The number of anilines is 1. The van der Waals surface area contributed by atoms with Gasteiger partial charge in [0.2, 0.25) is 11.8 Å². The van der Waals surface area contributed by atoms with Crippen LogP contribution in [0.1, 0.15) is 40.6 Å². The number of nitrogens with zero attached hydrogens (tertiary/aromatic N) is 3. The van der Waals surface area contributed by atoms with Crippen LogP contribution in [0.15, 0.2) is 18.2 Å². The third-order valence-corrected chi connectivity index (χ3v) is 7.43. The van der Waals surface area contributed by atoms with Crippen molar-refractivity contribution in [2.75, 3.05) is 31.1 Å². The summed E-state index contributed by atoms with van der Waals surface area (Å²) in [5.74, 6) is 0.305. The third-order valence-electron chi connectivity index (χ3n) is 6.25. The van der Waals surface area contributed by atoms with Gasteiger partial charge in [-0.2, -0.15) is 0 Å². The van der Waals surface area contributed by atoms with E-state index in [1.54, 1.807) is 18.3 Å². The summed E-state index contributed by atoms with van der Waals surface area (Å²) in [6.07, 6.45) is 2.49. The molecule has 1 N–H and O–H groups in total. The van der Waals surface area contributed by atoms with E-state index >= 15 is 0 Å². The second-order valence-corrected chi connectivity index (χ2v) is 9.51. The van der Waals surface area contributed by atoms with Crippen LogP contribution in [0.2, 0.25) is 0 Å². The first-order valence-corrected chi connectivity index (χ1v) is 11.5. The Morgan fingerprint density at radius 1 is 1.20 bits per heavy atom. The molecule has 1 aliphatic carbocycles. The molecule has 2 aliphatic rings. The minimum absolute atomic E-state index is 0.0190. The van der Waals surface area contributed by atoms with E-state index in [1.807, 2.05) is 4.90 Å². The molecule has 1 fully saturated rings. The molecule has 2 amide bonds. The van der Waals surface area contributed by atoms with E-state index < -0.39 is 0 Å². The number of amides is 2. The smallest absolute Gasteiger partial charge is 0.223 e. The van der Waals surface area contributed by atoms with E-state index in [-0.39, 0.29) is 17.7 Å². The Labute approximate surface area is 182 Å². The molecule has 30 heavy (non-hydrogen) atoms. The fraction of sp³-hybridized carbons (Fsp3) is 0.522. The number of nitrogens with one attached hydrogen (secondary N) is 1. The highest BCUT2D eigenvalue weighted by Gasteiger charge is 2.29. The summed E-state index contributed by atoms with van der Waals surface area (Å²) in [5.41, 5.74) is 4.77. The van der Waals surface area contributed by atoms with Crippen LogP contribution in [0, 0.1) is 19.8 Å². The molecule has 0 saturated carbocycles. The number of carbonyl (C=O) groups is 2. The Bertz CT molecular complexity index is 947. The van der Waals surface area contributed by atoms with Gasteiger partial charge in [-0.25, -0.2) is 4.98 Å². The van der Waals surface area contributed by atoms with Gasteiger partial charge in [0, 0.05) is 50.4 Å². The van der Waals surface area contributed by atoms with Crippen molar-refractivity contribution in [1.82, 2.24) is 15.2 Å². The second-order valence-electron chi connectivity index (χ2n) is 8.45. The monoisotopic (exact) mass is 426 g/mol. The predicted octanol–water partition coefficient (Wildman–Crippen LogP) is 2.85. The van der Waals surface area contributed by atoms with Gasteiger partial charge in [0.05, 0.1) is 5.69 Å². The number of aromatic nitrogens is 1. The first-order chi connectivity index (χ1) is 14.4. The van der Waals surface area contributed by atoms with E-state index in [0.717, 1.165) is 56.3 Å². The Morgan fingerprint density at radius 3 is 2.70 bits per heavy atom. The average molecular weight is 427 g/mol. The number of carbonyl (C=O) groups excluding carboxylic acids is 2. The molecule has 2 aromatic rings. The van der Waals surface area contributed by atoms with Crippen molar-refractivity contribution in [3.63, 3.8) is 0 Å². The molecule has 1 aromatic heterocycles. The Kier molecular flexibility index (Phi) is 6.09. The average Bonchev–Trinajstić information content (AvgIpc) is 3.17. The van der Waals surface area contributed by atoms with Crippen LogP contribution in [0.4, 0.5) is 5.13 Å². The molecule has 1 unspecified atom stereocenters. The number of rotatable bonds is 4. The lowest BCUT2D eigenvalue weighted by atomic mass is 9.90. The molecule has 0 spiro atoms. The van der Waals surface area contributed by atoms with Gasteiger partial charge in [-0.1, -0.05) is 23.8 Å². The maximum atomic E-state index is 12.8. The van der Waals surface area contributed by atoms with Crippen LogP contribution in [0.3, 0.4) is 0 Å². The summed E-state index contributed by atoms with van der Waals surface area (Å²) >= 11 is 1.72. The molecule has 1 saturated heterocycles. The van der Waals surface area contributed by atoms with Crippen molar-refractivity contribution < 1.29 is 9.59 Å². The first kappa shape index (κ1) is 20.8. The van der Waals surface area contributed by atoms with Gasteiger partial charge in [-0.15, -0.1) is 11.3 Å². The summed E-state index contributed by atoms with van der Waals surface area (Å²) in [5, 5.41) is 4.19. The van der Waals surface area contributed by atoms with E-state index in [1.165, 1.54) is 21.6 Å². The first-order valence-electron chi connectivity index (χ1n) is 10.7. The lowest BCUT2D eigenvalue weighted by Crippen LogP contribution is -2.48. The van der Waals surface area contributed by atoms with Crippen LogP contribution in [0.25, 0.3) is 0 Å². The zero-order chi connectivity index (χ0) is 21.3. The highest BCUT2D eigenvalue weighted by Crippen LogP contribution is 2.34. The molecule has 6 nitrogen and oxygen atoms in total. The number of fused-ring (bicyclic) bond motifs is 1. The third kappa shape index (κ3) is 4.51. The highest BCUT2D eigenvalue weighted by molar-refractivity contribution is 7.15. The number of aryl methyl sites for hydroxylation is 3. The molecule has 1 aromatic carbocycles. The maximum Gasteiger partial charge on any atom is 0.223 e. The van der Waals surface area contributed by atoms with Crippen molar-refractivity contribution in [3.05, 3.63) is 45.5 Å². The minimum atomic E-state index is 0.0190. The highest BCUT2D eigenvalue weighted by atomic mass is 32.1. The fourth-order valence-electron chi connectivity index (χ4n) is 4.25. The molecule has 1 atom stereocenters. The van der Waals surface area contributed by atoms with E-state index in [4.69, 9.17) is 4.98 Å². The SMILES string of the molecule is CC(=O)N1CCN(c2nc3c(s2)CC(C(=O)NCc2cc(C)ccc2C)CC3)CC1. The molecule has 0 bridgehead atoms.